The Morgan fingerprint density at radius 1 is 0.727 bits per heavy atom. The van der Waals surface area contributed by atoms with Crippen LogP contribution in [0.25, 0.3) is 44.3 Å². The van der Waals surface area contributed by atoms with Gasteiger partial charge < -0.3 is 4.74 Å². The number of fused-ring (bicyclic) bond motifs is 4. The van der Waals surface area contributed by atoms with E-state index in [9.17, 15) is 0 Å². The normalized spacial score (nSPS) is 14.2. The van der Waals surface area contributed by atoms with Gasteiger partial charge in [-0.15, -0.1) is 0 Å². The highest BCUT2D eigenvalue weighted by Crippen LogP contribution is 2.36. The number of hydrogen-bond donors (Lipinski definition) is 0. The predicted octanol–water partition coefficient (Wildman–Crippen LogP) is 9.61. The van der Waals surface area contributed by atoms with Crippen molar-refractivity contribution >= 4 is 32.8 Å². The first-order chi connectivity index (χ1) is 21.4. The third-order valence-electron chi connectivity index (χ3n) is 9.19. The Bertz CT molecular complexity index is 2160. The molecule has 3 heterocycles. The zero-order chi connectivity index (χ0) is 29.8. The molecule has 1 aliphatic rings. The van der Waals surface area contributed by atoms with Gasteiger partial charge in [0.15, 0.2) is 11.0 Å². The van der Waals surface area contributed by atoms with E-state index in [4.69, 9.17) is 9.72 Å². The number of ether oxygens (including phenoxy) is 1. The van der Waals surface area contributed by atoms with Crippen LogP contribution in [0.1, 0.15) is 58.1 Å². The van der Waals surface area contributed by atoms with E-state index < -0.39 is 0 Å². The molecule has 0 aliphatic heterocycles. The van der Waals surface area contributed by atoms with Gasteiger partial charge in [0.2, 0.25) is 6.33 Å². The Kier molecular flexibility index (Phi) is 6.30. The van der Waals surface area contributed by atoms with Gasteiger partial charge in [0.1, 0.15) is 29.0 Å². The van der Waals surface area contributed by atoms with Crippen LogP contribution in [0.4, 0.5) is 0 Å². The minimum absolute atomic E-state index is 0.0250. The average Bonchev–Trinajstić information content (AvgIpc) is 3.77. The summed E-state index contributed by atoms with van der Waals surface area (Å²) in [6, 6.07) is 37.0. The maximum absolute atomic E-state index is 6.58. The Morgan fingerprint density at radius 3 is 2.32 bits per heavy atom. The summed E-state index contributed by atoms with van der Waals surface area (Å²) in [5, 5.41) is 2.38. The Labute approximate surface area is 258 Å². The molecule has 7 aromatic rings. The van der Waals surface area contributed by atoms with Gasteiger partial charge in [0.25, 0.3) is 0 Å². The molecule has 4 aromatic carbocycles. The van der Waals surface area contributed by atoms with Crippen molar-refractivity contribution in [2.24, 2.45) is 0 Å². The molecule has 0 bridgehead atoms. The van der Waals surface area contributed by atoms with Crippen molar-refractivity contribution in [3.63, 3.8) is 0 Å². The van der Waals surface area contributed by atoms with Crippen LogP contribution in [0, 0.1) is 0 Å². The molecule has 0 unspecified atom stereocenters. The molecule has 5 nitrogen and oxygen atoms in total. The first-order valence-electron chi connectivity index (χ1n) is 15.7. The molecular formula is C39H37N4O+. The smallest absolute Gasteiger partial charge is 0.250 e. The number of aromatic nitrogens is 4. The van der Waals surface area contributed by atoms with Gasteiger partial charge in [-0.05, 0) is 91.3 Å². The lowest BCUT2D eigenvalue weighted by Crippen LogP contribution is -2.36. The molecule has 0 N–H and O–H groups in total. The van der Waals surface area contributed by atoms with E-state index in [1.807, 2.05) is 12.3 Å². The zero-order valence-electron chi connectivity index (χ0n) is 25.6. The SMILES string of the molecule is CC(C)(C)c1ccnc(-n2c3ccccc3c3ccc(Oc4cccc(-n5c[n+](C6CCCC6)c6ccccc65)c4)cc32)c1. The minimum atomic E-state index is 0.0250. The van der Waals surface area contributed by atoms with Crippen LogP contribution in [-0.4, -0.2) is 14.1 Å². The summed E-state index contributed by atoms with van der Waals surface area (Å²) in [4.78, 5) is 4.83. The molecule has 1 saturated carbocycles. The van der Waals surface area contributed by atoms with Crippen LogP contribution in [0.15, 0.2) is 116 Å². The molecule has 1 aliphatic carbocycles. The second kappa shape index (κ2) is 10.4. The van der Waals surface area contributed by atoms with E-state index >= 15 is 0 Å². The highest BCUT2D eigenvalue weighted by atomic mass is 16.5. The van der Waals surface area contributed by atoms with Crippen molar-refractivity contribution in [1.29, 1.82) is 0 Å². The Morgan fingerprint density at radius 2 is 1.48 bits per heavy atom. The minimum Gasteiger partial charge on any atom is -0.457 e. The summed E-state index contributed by atoms with van der Waals surface area (Å²) in [6.45, 7) is 6.72. The first-order valence-corrected chi connectivity index (χ1v) is 15.7. The van der Waals surface area contributed by atoms with Crippen molar-refractivity contribution in [3.05, 3.63) is 121 Å². The quantitative estimate of drug-likeness (QED) is 0.191. The highest BCUT2D eigenvalue weighted by molar-refractivity contribution is 6.09. The first kappa shape index (κ1) is 26.7. The lowest BCUT2D eigenvalue weighted by Gasteiger charge is -2.20. The molecule has 218 valence electrons. The lowest BCUT2D eigenvalue weighted by atomic mass is 9.88. The van der Waals surface area contributed by atoms with Crippen molar-refractivity contribution in [2.75, 3.05) is 0 Å². The van der Waals surface area contributed by atoms with Gasteiger partial charge in [-0.1, -0.05) is 57.2 Å². The predicted molar refractivity (Wildman–Crippen MR) is 178 cm³/mol. The number of pyridine rings is 1. The summed E-state index contributed by atoms with van der Waals surface area (Å²) in [5.74, 6) is 2.52. The van der Waals surface area contributed by atoms with E-state index in [1.54, 1.807) is 0 Å². The maximum atomic E-state index is 6.58. The monoisotopic (exact) mass is 577 g/mol. The number of benzene rings is 4. The van der Waals surface area contributed by atoms with E-state index in [0.29, 0.717) is 6.04 Å². The fraction of sp³-hybridized carbons (Fsp3) is 0.231. The van der Waals surface area contributed by atoms with E-state index in [1.165, 1.54) is 53.1 Å². The van der Waals surface area contributed by atoms with E-state index in [0.717, 1.165) is 34.0 Å². The molecule has 0 spiro atoms. The highest BCUT2D eigenvalue weighted by Gasteiger charge is 2.26. The van der Waals surface area contributed by atoms with Crippen LogP contribution >= 0.6 is 0 Å². The Balaban J connectivity index is 1.20. The Hall–Kier alpha value is -4.90. The maximum Gasteiger partial charge on any atom is 0.250 e. The third kappa shape index (κ3) is 4.55. The number of imidazole rings is 1. The largest absolute Gasteiger partial charge is 0.457 e. The molecule has 1 fully saturated rings. The summed E-state index contributed by atoms with van der Waals surface area (Å²) in [7, 11) is 0. The molecule has 8 rings (SSSR count). The number of para-hydroxylation sites is 3. The van der Waals surface area contributed by atoms with E-state index in [-0.39, 0.29) is 5.41 Å². The molecule has 3 aromatic heterocycles. The van der Waals surface area contributed by atoms with Crippen LogP contribution in [0.2, 0.25) is 0 Å². The van der Waals surface area contributed by atoms with Crippen LogP contribution in [0.5, 0.6) is 11.5 Å². The molecule has 5 heteroatoms. The second-order valence-corrected chi connectivity index (χ2v) is 13.1. The van der Waals surface area contributed by atoms with Crippen molar-refractivity contribution in [1.82, 2.24) is 14.1 Å². The van der Waals surface area contributed by atoms with Crippen molar-refractivity contribution < 1.29 is 9.30 Å². The zero-order valence-corrected chi connectivity index (χ0v) is 25.6. The van der Waals surface area contributed by atoms with E-state index in [2.05, 4.69) is 138 Å². The fourth-order valence-electron chi connectivity index (χ4n) is 6.91. The van der Waals surface area contributed by atoms with Gasteiger partial charge in [-0.2, -0.15) is 4.57 Å². The summed E-state index contributed by atoms with van der Waals surface area (Å²) in [6.07, 6.45) is 9.31. The molecule has 0 atom stereocenters. The molecular weight excluding hydrogens is 540 g/mol. The molecule has 44 heavy (non-hydrogen) atoms. The van der Waals surface area contributed by atoms with Crippen molar-refractivity contribution in [2.45, 2.75) is 57.9 Å². The van der Waals surface area contributed by atoms with Crippen LogP contribution in [-0.2, 0) is 5.41 Å². The van der Waals surface area contributed by atoms with Gasteiger partial charge in [-0.3, -0.25) is 4.57 Å². The second-order valence-electron chi connectivity index (χ2n) is 13.1. The van der Waals surface area contributed by atoms with Gasteiger partial charge >= 0.3 is 0 Å². The van der Waals surface area contributed by atoms with Gasteiger partial charge in [-0.25, -0.2) is 9.55 Å². The van der Waals surface area contributed by atoms with Gasteiger partial charge in [0, 0.05) is 29.1 Å². The lowest BCUT2D eigenvalue weighted by molar-refractivity contribution is -0.697. The molecule has 0 radical (unpaired) electrons. The summed E-state index contributed by atoms with van der Waals surface area (Å²) < 4.78 is 13.6. The average molecular weight is 578 g/mol. The van der Waals surface area contributed by atoms with Crippen LogP contribution in [0.3, 0.4) is 0 Å². The number of nitrogens with zero attached hydrogens (tertiary/aromatic N) is 4. The summed E-state index contributed by atoms with van der Waals surface area (Å²) >= 11 is 0. The summed E-state index contributed by atoms with van der Waals surface area (Å²) in [5.41, 5.74) is 7.08. The number of rotatable bonds is 5. The molecule has 0 saturated heterocycles. The van der Waals surface area contributed by atoms with Gasteiger partial charge in [0.05, 0.1) is 11.0 Å². The van der Waals surface area contributed by atoms with Crippen LogP contribution < -0.4 is 9.30 Å². The standard InChI is InChI=1S/C39H37N4O/c1-39(2,3)27-21-22-40-38(23-27)43-34-16-7-6-15-32(34)33-20-19-31(25-37(33)43)44-30-14-10-13-29(24-30)42-26-41(28-11-4-5-12-28)35-17-8-9-18-36(35)42/h6-10,13-26,28H,4-5,11-12H2,1-3H3/q+1. The fourth-order valence-corrected chi connectivity index (χ4v) is 6.91. The van der Waals surface area contributed by atoms with Crippen molar-refractivity contribution in [3.8, 4) is 23.0 Å². The number of hydrogen-bond acceptors (Lipinski definition) is 2. The topological polar surface area (TPSA) is 35.9 Å². The third-order valence-corrected chi connectivity index (χ3v) is 9.19. The molecule has 0 amide bonds.